The number of ether oxygens (including phenoxy) is 2. The number of aromatic nitrogens is 1. The summed E-state index contributed by atoms with van der Waals surface area (Å²) in [4.78, 5) is 29.3. The molecule has 0 saturated carbocycles. The number of H-pyrrole nitrogens is 1. The summed E-state index contributed by atoms with van der Waals surface area (Å²) < 4.78 is 11.3. The van der Waals surface area contributed by atoms with Crippen LogP contribution in [-0.4, -0.2) is 29.7 Å². The van der Waals surface area contributed by atoms with Gasteiger partial charge >= 0.3 is 5.97 Å². The summed E-state index contributed by atoms with van der Waals surface area (Å²) in [6.45, 7) is 6.10. The van der Waals surface area contributed by atoms with Crippen molar-refractivity contribution in [3.8, 4) is 22.6 Å². The number of carbonyl (C=O) groups is 2. The average molecular weight is 566 g/mol. The molecule has 1 aromatic heterocycles. The molecule has 1 heterocycles. The van der Waals surface area contributed by atoms with Crippen molar-refractivity contribution >= 4 is 40.6 Å². The molecule has 0 spiro atoms. The third kappa shape index (κ3) is 6.00. The van der Waals surface area contributed by atoms with Gasteiger partial charge in [-0.15, -0.1) is 0 Å². The number of hydrazone groups is 1. The van der Waals surface area contributed by atoms with Gasteiger partial charge in [-0.2, -0.15) is 5.10 Å². The number of nitrogens with zero attached hydrogens (tertiary/aromatic N) is 1. The summed E-state index contributed by atoms with van der Waals surface area (Å²) in [5.74, 6) is -0.222. The minimum atomic E-state index is -0.480. The zero-order chi connectivity index (χ0) is 28.9. The molecule has 0 saturated heterocycles. The van der Waals surface area contributed by atoms with Gasteiger partial charge in [0.2, 0.25) is 0 Å². The maximum atomic E-state index is 13.3. The molecular formula is C33H28ClN3O4. The van der Waals surface area contributed by atoms with Crippen molar-refractivity contribution in [3.63, 3.8) is 0 Å². The monoisotopic (exact) mass is 565 g/mol. The molecule has 0 atom stereocenters. The van der Waals surface area contributed by atoms with Gasteiger partial charge in [0, 0.05) is 27.1 Å². The molecule has 0 radical (unpaired) electrons. The van der Waals surface area contributed by atoms with Crippen LogP contribution in [0.5, 0.6) is 11.5 Å². The number of rotatable bonds is 8. The van der Waals surface area contributed by atoms with E-state index in [1.807, 2.05) is 63.2 Å². The summed E-state index contributed by atoms with van der Waals surface area (Å²) >= 11 is 6.52. The van der Waals surface area contributed by atoms with E-state index in [4.69, 9.17) is 21.1 Å². The fraction of sp³-hybridized carbons (Fsp3) is 0.121. The molecule has 206 valence electrons. The molecular weight excluding hydrogens is 538 g/mol. The maximum Gasteiger partial charge on any atom is 0.343 e. The molecule has 0 bridgehead atoms. The molecule has 4 aromatic carbocycles. The molecule has 0 aliphatic heterocycles. The van der Waals surface area contributed by atoms with Crippen molar-refractivity contribution in [2.75, 3.05) is 6.61 Å². The van der Waals surface area contributed by atoms with E-state index in [2.05, 4.69) is 15.5 Å². The number of carbonyl (C=O) groups excluding carboxylic acids is 2. The van der Waals surface area contributed by atoms with Gasteiger partial charge in [-0.05, 0) is 68.3 Å². The van der Waals surface area contributed by atoms with Crippen LogP contribution >= 0.6 is 11.6 Å². The largest absolute Gasteiger partial charge is 0.490 e. The number of esters is 1. The van der Waals surface area contributed by atoms with Crippen molar-refractivity contribution in [1.82, 2.24) is 10.4 Å². The normalized spacial score (nSPS) is 11.1. The Labute approximate surface area is 242 Å². The SMILES string of the molecule is CCOc1cc(C=NNC(=O)c2[nH]c3c(C)cccc3c2-c2ccccc2Cl)ccc1OC(=O)c1cccc(C)c1. The number of fused-ring (bicyclic) bond motifs is 1. The van der Waals surface area contributed by atoms with Crippen LogP contribution < -0.4 is 14.9 Å². The second kappa shape index (κ2) is 12.1. The van der Waals surface area contributed by atoms with Crippen LogP contribution in [0.15, 0.2) is 90.0 Å². The van der Waals surface area contributed by atoms with Crippen LogP contribution in [-0.2, 0) is 0 Å². The Hall–Kier alpha value is -4.88. The van der Waals surface area contributed by atoms with Gasteiger partial charge < -0.3 is 14.5 Å². The van der Waals surface area contributed by atoms with Gasteiger partial charge in [0.05, 0.1) is 18.4 Å². The van der Waals surface area contributed by atoms with Crippen molar-refractivity contribution < 1.29 is 19.1 Å². The number of amides is 1. The number of hydrogen-bond acceptors (Lipinski definition) is 5. The summed E-state index contributed by atoms with van der Waals surface area (Å²) in [5.41, 5.74) is 8.33. The molecule has 8 heteroatoms. The Morgan fingerprint density at radius 3 is 2.54 bits per heavy atom. The van der Waals surface area contributed by atoms with E-state index in [-0.39, 0.29) is 5.75 Å². The van der Waals surface area contributed by atoms with E-state index in [0.717, 1.165) is 27.6 Å². The van der Waals surface area contributed by atoms with Crippen LogP contribution in [0.1, 0.15) is 44.5 Å². The van der Waals surface area contributed by atoms with Crippen molar-refractivity contribution in [2.24, 2.45) is 5.10 Å². The Balaban J connectivity index is 1.38. The van der Waals surface area contributed by atoms with E-state index in [0.29, 0.717) is 39.8 Å². The van der Waals surface area contributed by atoms with Gasteiger partial charge in [0.1, 0.15) is 5.69 Å². The summed E-state index contributed by atoms with van der Waals surface area (Å²) in [7, 11) is 0. The first-order valence-electron chi connectivity index (χ1n) is 13.1. The molecule has 41 heavy (non-hydrogen) atoms. The minimum absolute atomic E-state index is 0.289. The average Bonchev–Trinajstić information content (AvgIpc) is 3.35. The molecule has 2 N–H and O–H groups in total. The van der Waals surface area contributed by atoms with Crippen LogP contribution in [0, 0.1) is 13.8 Å². The smallest absolute Gasteiger partial charge is 0.343 e. The fourth-order valence-electron chi connectivity index (χ4n) is 4.59. The van der Waals surface area contributed by atoms with Crippen LogP contribution in [0.25, 0.3) is 22.0 Å². The quantitative estimate of drug-likeness (QED) is 0.0882. The Morgan fingerprint density at radius 1 is 0.951 bits per heavy atom. The number of aryl methyl sites for hydroxylation is 2. The highest BCUT2D eigenvalue weighted by Gasteiger charge is 2.21. The topological polar surface area (TPSA) is 92.8 Å². The molecule has 1 amide bonds. The molecule has 0 aliphatic carbocycles. The second-order valence-electron chi connectivity index (χ2n) is 9.45. The third-order valence-corrected chi connectivity index (χ3v) is 6.85. The lowest BCUT2D eigenvalue weighted by molar-refractivity contribution is 0.0728. The highest BCUT2D eigenvalue weighted by molar-refractivity contribution is 6.34. The third-order valence-electron chi connectivity index (χ3n) is 6.52. The molecule has 0 fully saturated rings. The molecule has 0 unspecified atom stereocenters. The Bertz CT molecular complexity index is 1790. The summed E-state index contributed by atoms with van der Waals surface area (Å²) in [6.07, 6.45) is 1.50. The number of nitrogens with one attached hydrogen (secondary N) is 2. The van der Waals surface area contributed by atoms with Crippen LogP contribution in [0.2, 0.25) is 5.02 Å². The van der Waals surface area contributed by atoms with E-state index >= 15 is 0 Å². The number of hydrogen-bond donors (Lipinski definition) is 2. The van der Waals surface area contributed by atoms with Gasteiger partial charge in [0.25, 0.3) is 5.91 Å². The van der Waals surface area contributed by atoms with Gasteiger partial charge in [-0.25, -0.2) is 10.2 Å². The number of aromatic amines is 1. The lowest BCUT2D eigenvalue weighted by atomic mass is 10.0. The summed E-state index contributed by atoms with van der Waals surface area (Å²) in [5, 5.41) is 5.61. The predicted molar refractivity (Wildman–Crippen MR) is 162 cm³/mol. The number of halogens is 1. The predicted octanol–water partition coefficient (Wildman–Crippen LogP) is 7.49. The Kier molecular flexibility index (Phi) is 8.17. The maximum absolute atomic E-state index is 13.3. The van der Waals surface area contributed by atoms with Gasteiger partial charge in [-0.1, -0.05) is 65.7 Å². The van der Waals surface area contributed by atoms with Crippen molar-refractivity contribution in [3.05, 3.63) is 118 Å². The lowest BCUT2D eigenvalue weighted by Gasteiger charge is -2.11. The van der Waals surface area contributed by atoms with E-state index in [9.17, 15) is 9.59 Å². The molecule has 7 nitrogen and oxygen atoms in total. The van der Waals surface area contributed by atoms with Gasteiger partial charge in [-0.3, -0.25) is 4.79 Å². The van der Waals surface area contributed by atoms with Crippen LogP contribution in [0.4, 0.5) is 0 Å². The first-order valence-corrected chi connectivity index (χ1v) is 13.5. The van der Waals surface area contributed by atoms with E-state index in [1.54, 1.807) is 42.5 Å². The molecule has 5 aromatic rings. The van der Waals surface area contributed by atoms with Crippen LogP contribution in [0.3, 0.4) is 0 Å². The highest BCUT2D eigenvalue weighted by Crippen LogP contribution is 2.37. The minimum Gasteiger partial charge on any atom is -0.490 e. The lowest BCUT2D eigenvalue weighted by Crippen LogP contribution is -2.19. The second-order valence-corrected chi connectivity index (χ2v) is 9.86. The zero-order valence-corrected chi connectivity index (χ0v) is 23.6. The van der Waals surface area contributed by atoms with Crippen molar-refractivity contribution in [2.45, 2.75) is 20.8 Å². The van der Waals surface area contributed by atoms with Crippen molar-refractivity contribution in [1.29, 1.82) is 0 Å². The highest BCUT2D eigenvalue weighted by atomic mass is 35.5. The van der Waals surface area contributed by atoms with E-state index in [1.165, 1.54) is 6.21 Å². The summed E-state index contributed by atoms with van der Waals surface area (Å²) in [6, 6.07) is 25.5. The molecule has 5 rings (SSSR count). The van der Waals surface area contributed by atoms with E-state index < -0.39 is 11.9 Å². The standard InChI is InChI=1S/C33H28ClN3O4/c1-4-40-28-18-22(15-16-27(28)41-33(39)23-11-7-9-20(2)17-23)19-35-37-32(38)31-29(24-12-5-6-14-26(24)34)25-13-8-10-21(3)30(25)36-31/h5-19,36H,4H2,1-3H3,(H,37,38). The fourth-order valence-corrected chi connectivity index (χ4v) is 4.82. The first kappa shape index (κ1) is 27.7. The number of benzene rings is 4. The Morgan fingerprint density at radius 2 is 1.76 bits per heavy atom. The van der Waals surface area contributed by atoms with Gasteiger partial charge in [0.15, 0.2) is 11.5 Å². The number of para-hydroxylation sites is 1. The first-order chi connectivity index (χ1) is 19.9. The molecule has 0 aliphatic rings. The zero-order valence-electron chi connectivity index (χ0n) is 22.8.